The summed E-state index contributed by atoms with van der Waals surface area (Å²) in [5.74, 6) is -0.119. The molecule has 16 heavy (non-hydrogen) atoms. The first-order valence-corrected chi connectivity index (χ1v) is 6.29. The van der Waals surface area contributed by atoms with Crippen molar-refractivity contribution in [2.24, 2.45) is 5.73 Å². The van der Waals surface area contributed by atoms with Gasteiger partial charge in [-0.15, -0.1) is 0 Å². The molecule has 0 saturated heterocycles. The molecule has 0 aliphatic rings. The molecular weight excluding hydrogens is 271 g/mol. The number of carbonyl (C=O) groups is 1. The summed E-state index contributed by atoms with van der Waals surface area (Å²) in [5.41, 5.74) is 6.17. The Bertz CT molecular complexity index is 390. The summed E-state index contributed by atoms with van der Waals surface area (Å²) in [6.07, 6.45) is 0. The SMILES string of the molecule is N[C@@H](CSCc1ccc(Cl)nc1Cl)C(=O)O. The van der Waals surface area contributed by atoms with E-state index in [-0.39, 0.29) is 0 Å². The summed E-state index contributed by atoms with van der Waals surface area (Å²) in [5, 5.41) is 9.25. The van der Waals surface area contributed by atoms with Gasteiger partial charge in [-0.1, -0.05) is 29.3 Å². The number of carboxylic acids is 1. The van der Waals surface area contributed by atoms with Crippen LogP contribution in [0.15, 0.2) is 12.1 Å². The third-order valence-electron chi connectivity index (χ3n) is 1.76. The highest BCUT2D eigenvalue weighted by molar-refractivity contribution is 7.98. The Balaban J connectivity index is 2.46. The molecule has 0 aliphatic heterocycles. The predicted molar refractivity (Wildman–Crippen MR) is 66.0 cm³/mol. The van der Waals surface area contributed by atoms with Crippen molar-refractivity contribution in [2.45, 2.75) is 11.8 Å². The summed E-state index contributed by atoms with van der Waals surface area (Å²) in [6, 6.07) is 2.54. The second-order valence-electron chi connectivity index (χ2n) is 3.04. The first kappa shape index (κ1) is 13.6. The van der Waals surface area contributed by atoms with Gasteiger partial charge < -0.3 is 10.8 Å². The van der Waals surface area contributed by atoms with E-state index in [9.17, 15) is 4.79 Å². The Kier molecular flexibility index (Phi) is 5.34. The highest BCUT2D eigenvalue weighted by atomic mass is 35.5. The second-order valence-corrected chi connectivity index (χ2v) is 4.82. The average Bonchev–Trinajstić information content (AvgIpc) is 2.20. The standard InChI is InChI=1S/C9H10Cl2N2O2S/c10-7-2-1-5(8(11)13-7)3-16-4-6(12)9(14)15/h1-2,6H,3-4,12H2,(H,14,15)/t6-/m0/s1. The Hall–Kier alpha value is -0.490. The molecule has 1 atom stereocenters. The molecule has 1 heterocycles. The van der Waals surface area contributed by atoms with Crippen LogP contribution in [-0.2, 0) is 10.5 Å². The largest absolute Gasteiger partial charge is 0.480 e. The lowest BCUT2D eigenvalue weighted by Gasteiger charge is -2.06. The molecule has 0 radical (unpaired) electrons. The number of nitrogens with zero attached hydrogens (tertiary/aromatic N) is 1. The van der Waals surface area contributed by atoms with Gasteiger partial charge in [-0.25, -0.2) is 4.98 Å². The average molecular weight is 281 g/mol. The fourth-order valence-electron chi connectivity index (χ4n) is 0.916. The van der Waals surface area contributed by atoms with Gasteiger partial charge in [-0.2, -0.15) is 11.8 Å². The molecule has 0 aromatic carbocycles. The van der Waals surface area contributed by atoms with E-state index in [4.69, 9.17) is 34.0 Å². The van der Waals surface area contributed by atoms with Crippen LogP contribution in [0.5, 0.6) is 0 Å². The van der Waals surface area contributed by atoms with Crippen molar-refractivity contribution >= 4 is 40.9 Å². The number of aliphatic carboxylic acids is 1. The molecule has 4 nitrogen and oxygen atoms in total. The van der Waals surface area contributed by atoms with E-state index in [1.165, 1.54) is 11.8 Å². The van der Waals surface area contributed by atoms with Crippen LogP contribution in [0.2, 0.25) is 10.3 Å². The number of rotatable bonds is 5. The number of carboxylic acid groups (broad SMARTS) is 1. The molecule has 88 valence electrons. The molecule has 0 spiro atoms. The van der Waals surface area contributed by atoms with Gasteiger partial charge in [-0.05, 0) is 11.6 Å². The number of halogens is 2. The number of hydrogen-bond donors (Lipinski definition) is 2. The zero-order valence-corrected chi connectivity index (χ0v) is 10.5. The van der Waals surface area contributed by atoms with E-state index in [0.717, 1.165) is 5.56 Å². The topological polar surface area (TPSA) is 76.2 Å². The summed E-state index contributed by atoms with van der Waals surface area (Å²) in [4.78, 5) is 14.3. The van der Waals surface area contributed by atoms with Gasteiger partial charge in [0.05, 0.1) is 0 Å². The predicted octanol–water partition coefficient (Wildman–Crippen LogP) is 2.03. The molecule has 7 heteroatoms. The Morgan fingerprint density at radius 1 is 1.56 bits per heavy atom. The van der Waals surface area contributed by atoms with Crippen LogP contribution in [0.4, 0.5) is 0 Å². The van der Waals surface area contributed by atoms with Crippen LogP contribution in [0.25, 0.3) is 0 Å². The van der Waals surface area contributed by atoms with Gasteiger partial charge in [0.15, 0.2) is 0 Å². The third-order valence-corrected chi connectivity index (χ3v) is 3.41. The van der Waals surface area contributed by atoms with Gasteiger partial charge in [0.1, 0.15) is 16.3 Å². The van der Waals surface area contributed by atoms with E-state index in [2.05, 4.69) is 4.98 Å². The Morgan fingerprint density at radius 3 is 2.81 bits per heavy atom. The number of nitrogens with two attached hydrogens (primary N) is 1. The van der Waals surface area contributed by atoms with Crippen LogP contribution < -0.4 is 5.73 Å². The zero-order chi connectivity index (χ0) is 12.1. The van der Waals surface area contributed by atoms with Crippen LogP contribution in [0, 0.1) is 0 Å². The highest BCUT2D eigenvalue weighted by Gasteiger charge is 2.11. The maximum atomic E-state index is 10.5. The van der Waals surface area contributed by atoms with Gasteiger partial charge >= 0.3 is 5.97 Å². The van der Waals surface area contributed by atoms with Crippen LogP contribution in [0.1, 0.15) is 5.56 Å². The Morgan fingerprint density at radius 2 is 2.25 bits per heavy atom. The van der Waals surface area contributed by atoms with Crippen LogP contribution >= 0.6 is 35.0 Å². The zero-order valence-electron chi connectivity index (χ0n) is 8.19. The molecule has 0 fully saturated rings. The van der Waals surface area contributed by atoms with Crippen molar-refractivity contribution < 1.29 is 9.90 Å². The molecule has 0 amide bonds. The van der Waals surface area contributed by atoms with E-state index in [1.54, 1.807) is 12.1 Å². The fourth-order valence-corrected chi connectivity index (χ4v) is 2.37. The number of aromatic nitrogens is 1. The first-order valence-electron chi connectivity index (χ1n) is 4.37. The van der Waals surface area contributed by atoms with Crippen molar-refractivity contribution in [1.82, 2.24) is 4.98 Å². The minimum Gasteiger partial charge on any atom is -0.480 e. The third kappa shape index (κ3) is 4.17. The quantitative estimate of drug-likeness (QED) is 0.808. The molecule has 0 bridgehead atoms. The monoisotopic (exact) mass is 280 g/mol. The summed E-state index contributed by atoms with van der Waals surface area (Å²) in [6.45, 7) is 0. The van der Waals surface area contributed by atoms with E-state index in [1.807, 2.05) is 0 Å². The maximum Gasteiger partial charge on any atom is 0.321 e. The minimum absolute atomic E-state index is 0.328. The fraction of sp³-hybridized carbons (Fsp3) is 0.333. The molecular formula is C9H10Cl2N2O2S. The van der Waals surface area contributed by atoms with E-state index >= 15 is 0 Å². The highest BCUT2D eigenvalue weighted by Crippen LogP contribution is 2.21. The molecule has 1 aromatic rings. The summed E-state index contributed by atoms with van der Waals surface area (Å²) in [7, 11) is 0. The van der Waals surface area contributed by atoms with Crippen molar-refractivity contribution in [2.75, 3.05) is 5.75 Å². The van der Waals surface area contributed by atoms with Gasteiger partial charge in [-0.3, -0.25) is 4.79 Å². The van der Waals surface area contributed by atoms with Gasteiger partial charge in [0, 0.05) is 11.5 Å². The summed E-state index contributed by atoms with van der Waals surface area (Å²) < 4.78 is 0. The number of hydrogen-bond acceptors (Lipinski definition) is 4. The molecule has 3 N–H and O–H groups in total. The molecule has 1 aromatic heterocycles. The van der Waals surface area contributed by atoms with Gasteiger partial charge in [0.2, 0.25) is 0 Å². The van der Waals surface area contributed by atoms with E-state index in [0.29, 0.717) is 21.8 Å². The van der Waals surface area contributed by atoms with Crippen molar-refractivity contribution in [3.63, 3.8) is 0 Å². The number of pyridine rings is 1. The lowest BCUT2D eigenvalue weighted by Crippen LogP contribution is -2.32. The minimum atomic E-state index is -1.01. The molecule has 1 rings (SSSR count). The lowest BCUT2D eigenvalue weighted by molar-refractivity contribution is -0.137. The van der Waals surface area contributed by atoms with Crippen molar-refractivity contribution in [1.29, 1.82) is 0 Å². The van der Waals surface area contributed by atoms with Crippen LogP contribution in [-0.4, -0.2) is 27.9 Å². The summed E-state index contributed by atoms with van der Waals surface area (Å²) >= 11 is 12.9. The smallest absolute Gasteiger partial charge is 0.321 e. The van der Waals surface area contributed by atoms with E-state index < -0.39 is 12.0 Å². The Labute approximate surface area is 107 Å². The van der Waals surface area contributed by atoms with Crippen molar-refractivity contribution in [3.8, 4) is 0 Å². The van der Waals surface area contributed by atoms with Gasteiger partial charge in [0.25, 0.3) is 0 Å². The molecule has 0 unspecified atom stereocenters. The molecule has 0 saturated carbocycles. The maximum absolute atomic E-state index is 10.5. The van der Waals surface area contributed by atoms with Crippen LogP contribution in [0.3, 0.4) is 0 Å². The first-order chi connectivity index (χ1) is 7.50. The number of thioether (sulfide) groups is 1. The van der Waals surface area contributed by atoms with Crippen molar-refractivity contribution in [3.05, 3.63) is 28.0 Å². The second kappa shape index (κ2) is 6.30. The normalized spacial score (nSPS) is 12.4. The molecule has 0 aliphatic carbocycles. The lowest BCUT2D eigenvalue weighted by atomic mass is 10.3.